The molecular formula is C18H26N4O3. The van der Waals surface area contributed by atoms with Crippen LogP contribution in [-0.4, -0.2) is 58.7 Å². The smallest absolute Gasteiger partial charge is 0.260 e. The molecule has 7 heteroatoms. The summed E-state index contributed by atoms with van der Waals surface area (Å²) in [5.74, 6) is 0.772. The van der Waals surface area contributed by atoms with Crippen molar-refractivity contribution >= 4 is 5.91 Å². The zero-order valence-corrected chi connectivity index (χ0v) is 14.5. The minimum atomic E-state index is -0.0651. The third kappa shape index (κ3) is 3.48. The topological polar surface area (TPSA) is 90.6 Å². The third-order valence-electron chi connectivity index (χ3n) is 5.74. The number of rotatable bonds is 0. The van der Waals surface area contributed by atoms with E-state index in [9.17, 15) is 4.79 Å². The molecule has 4 heterocycles. The average molecular weight is 346 g/mol. The molecule has 0 aromatic carbocycles. The van der Waals surface area contributed by atoms with Crippen LogP contribution in [-0.2, 0) is 9.53 Å². The van der Waals surface area contributed by atoms with Gasteiger partial charge in [-0.05, 0) is 38.5 Å². The van der Waals surface area contributed by atoms with E-state index >= 15 is 0 Å². The number of hydrogen-bond acceptors (Lipinski definition) is 6. The second-order valence-electron chi connectivity index (χ2n) is 7.30. The Kier molecular flexibility index (Phi) is 4.85. The van der Waals surface area contributed by atoms with Crippen molar-refractivity contribution in [3.05, 3.63) is 18.1 Å². The average Bonchev–Trinajstić information content (AvgIpc) is 2.66. The van der Waals surface area contributed by atoms with Gasteiger partial charge in [0, 0.05) is 30.9 Å². The highest BCUT2D eigenvalue weighted by Crippen LogP contribution is 2.36. The van der Waals surface area contributed by atoms with Crippen molar-refractivity contribution in [2.24, 2.45) is 5.73 Å². The Balaban J connectivity index is 1.61. The van der Waals surface area contributed by atoms with Gasteiger partial charge >= 0.3 is 0 Å². The van der Waals surface area contributed by atoms with Crippen molar-refractivity contribution in [1.29, 1.82) is 0 Å². The molecule has 1 amide bonds. The minimum Gasteiger partial charge on any atom is -0.466 e. The number of carbonyl (C=O) groups is 1. The van der Waals surface area contributed by atoms with Crippen LogP contribution >= 0.6 is 0 Å². The van der Waals surface area contributed by atoms with Crippen LogP contribution in [0.3, 0.4) is 0 Å². The fourth-order valence-corrected chi connectivity index (χ4v) is 4.29. The van der Waals surface area contributed by atoms with E-state index in [1.54, 1.807) is 12.4 Å². The van der Waals surface area contributed by atoms with Gasteiger partial charge in [-0.15, -0.1) is 0 Å². The Morgan fingerprint density at radius 3 is 2.76 bits per heavy atom. The molecule has 1 aliphatic carbocycles. The predicted octanol–water partition coefficient (Wildman–Crippen LogP) is 1.23. The summed E-state index contributed by atoms with van der Waals surface area (Å²) in [6.07, 6.45) is 9.42. The van der Waals surface area contributed by atoms with E-state index in [0.29, 0.717) is 24.9 Å². The van der Waals surface area contributed by atoms with Crippen molar-refractivity contribution in [3.63, 3.8) is 0 Å². The summed E-state index contributed by atoms with van der Waals surface area (Å²) < 4.78 is 12.0. The van der Waals surface area contributed by atoms with Crippen LogP contribution in [0.25, 0.3) is 0 Å². The molecule has 1 aromatic heterocycles. The van der Waals surface area contributed by atoms with Gasteiger partial charge in [-0.3, -0.25) is 9.78 Å². The zero-order chi connectivity index (χ0) is 17.2. The monoisotopic (exact) mass is 346 g/mol. The first-order chi connectivity index (χ1) is 12.2. The molecular weight excluding hydrogens is 320 g/mol. The van der Waals surface area contributed by atoms with Crippen LogP contribution in [0.15, 0.2) is 12.4 Å². The minimum absolute atomic E-state index is 0.0228. The Morgan fingerprint density at radius 2 is 1.92 bits per heavy atom. The molecule has 5 rings (SSSR count). The Bertz CT molecular complexity index is 618. The maximum atomic E-state index is 12.7. The van der Waals surface area contributed by atoms with E-state index < -0.39 is 0 Å². The van der Waals surface area contributed by atoms with Crippen LogP contribution < -0.4 is 10.5 Å². The number of ether oxygens (including phenoxy) is 2. The molecule has 0 spiro atoms. The molecule has 25 heavy (non-hydrogen) atoms. The summed E-state index contributed by atoms with van der Waals surface area (Å²) in [7, 11) is 0. The molecule has 2 atom stereocenters. The number of carbonyl (C=O) groups excluding carboxylic acids is 1. The first kappa shape index (κ1) is 16.7. The van der Waals surface area contributed by atoms with Crippen LogP contribution in [0.4, 0.5) is 0 Å². The quantitative estimate of drug-likeness (QED) is 0.760. The van der Waals surface area contributed by atoms with Gasteiger partial charge in [-0.2, -0.15) is 0 Å². The highest BCUT2D eigenvalue weighted by Gasteiger charge is 2.35. The molecule has 1 saturated carbocycles. The lowest BCUT2D eigenvalue weighted by atomic mass is 9.85. The summed E-state index contributed by atoms with van der Waals surface area (Å²) >= 11 is 0. The zero-order valence-electron chi connectivity index (χ0n) is 14.5. The van der Waals surface area contributed by atoms with Gasteiger partial charge in [0.25, 0.3) is 5.91 Å². The predicted molar refractivity (Wildman–Crippen MR) is 91.2 cm³/mol. The molecule has 1 saturated heterocycles. The Hall–Kier alpha value is -1.73. The number of fused-ring (bicyclic) bond motifs is 5. The molecule has 136 valence electrons. The molecule has 1 aromatic rings. The number of amides is 1. The van der Waals surface area contributed by atoms with Gasteiger partial charge in [-0.1, -0.05) is 0 Å². The lowest BCUT2D eigenvalue weighted by molar-refractivity contribution is -0.140. The van der Waals surface area contributed by atoms with Gasteiger partial charge in [0.15, 0.2) is 6.61 Å². The first-order valence-corrected chi connectivity index (χ1v) is 9.32. The largest absolute Gasteiger partial charge is 0.466 e. The van der Waals surface area contributed by atoms with Crippen LogP contribution in [0, 0.1) is 0 Å². The van der Waals surface area contributed by atoms with E-state index in [2.05, 4.69) is 9.97 Å². The standard InChI is InChI=1S/C18H26N4O3/c19-14-2-1-9-22-15(14)10-24-13-5-3-12(4-6-13)17-18(21-8-7-20-17)25-11-16(22)23/h7-8,12-15H,1-6,9-11,19H2/t12-,13+,14?,15?. The molecule has 0 radical (unpaired) electrons. The Labute approximate surface area is 147 Å². The van der Waals surface area contributed by atoms with Gasteiger partial charge in [0.2, 0.25) is 5.88 Å². The number of nitrogens with two attached hydrogens (primary N) is 1. The highest BCUT2D eigenvalue weighted by molar-refractivity contribution is 5.78. The summed E-state index contributed by atoms with van der Waals surface area (Å²) in [6, 6.07) is -0.101. The van der Waals surface area contributed by atoms with Crippen molar-refractivity contribution in [3.8, 4) is 5.88 Å². The highest BCUT2D eigenvalue weighted by atomic mass is 16.5. The van der Waals surface area contributed by atoms with Crippen LogP contribution in [0.5, 0.6) is 5.88 Å². The summed E-state index contributed by atoms with van der Waals surface area (Å²) in [5, 5.41) is 0. The van der Waals surface area contributed by atoms with Gasteiger partial charge in [0.05, 0.1) is 18.8 Å². The SMILES string of the molecule is NC1CCCN2C(=O)COc3nccnc3[C@H]3CC[C@H](CC3)OCC12. The summed E-state index contributed by atoms with van der Waals surface area (Å²) in [6.45, 7) is 1.21. The molecule has 2 unspecified atom stereocenters. The molecule has 2 bridgehead atoms. The van der Waals surface area contributed by atoms with E-state index in [1.165, 1.54) is 0 Å². The normalized spacial score (nSPS) is 33.3. The van der Waals surface area contributed by atoms with Crippen LogP contribution in [0.1, 0.15) is 50.1 Å². The van der Waals surface area contributed by atoms with Crippen molar-refractivity contribution < 1.29 is 14.3 Å². The van der Waals surface area contributed by atoms with E-state index in [1.807, 2.05) is 4.90 Å². The molecule has 2 fully saturated rings. The van der Waals surface area contributed by atoms with Gasteiger partial charge in [0.1, 0.15) is 5.69 Å². The van der Waals surface area contributed by atoms with Crippen molar-refractivity contribution in [2.45, 2.75) is 62.6 Å². The first-order valence-electron chi connectivity index (χ1n) is 9.32. The molecule has 4 aliphatic rings. The number of nitrogens with zero attached hydrogens (tertiary/aromatic N) is 3. The fraction of sp³-hybridized carbons (Fsp3) is 0.722. The van der Waals surface area contributed by atoms with E-state index in [4.69, 9.17) is 15.2 Å². The van der Waals surface area contributed by atoms with Gasteiger partial charge in [-0.25, -0.2) is 4.98 Å². The van der Waals surface area contributed by atoms with Crippen molar-refractivity contribution in [1.82, 2.24) is 14.9 Å². The van der Waals surface area contributed by atoms with Crippen LogP contribution in [0.2, 0.25) is 0 Å². The number of hydrogen-bond donors (Lipinski definition) is 1. The maximum Gasteiger partial charge on any atom is 0.260 e. The van der Waals surface area contributed by atoms with Crippen molar-refractivity contribution in [2.75, 3.05) is 19.8 Å². The number of piperidine rings is 1. The van der Waals surface area contributed by atoms with E-state index in [-0.39, 0.29) is 30.7 Å². The summed E-state index contributed by atoms with van der Waals surface area (Å²) in [4.78, 5) is 23.4. The van der Waals surface area contributed by atoms with Gasteiger partial charge < -0.3 is 20.1 Å². The second-order valence-corrected chi connectivity index (χ2v) is 7.30. The van der Waals surface area contributed by atoms with E-state index in [0.717, 1.165) is 44.2 Å². The second kappa shape index (κ2) is 7.25. The maximum absolute atomic E-state index is 12.7. The lowest BCUT2D eigenvalue weighted by Gasteiger charge is -2.40. The Morgan fingerprint density at radius 1 is 1.12 bits per heavy atom. The fourth-order valence-electron chi connectivity index (χ4n) is 4.29. The molecule has 3 aliphatic heterocycles. The molecule has 2 N–H and O–H groups in total. The third-order valence-corrected chi connectivity index (χ3v) is 5.74. The molecule has 7 nitrogen and oxygen atoms in total. The number of aromatic nitrogens is 2. The lowest BCUT2D eigenvalue weighted by Crippen LogP contribution is -2.57. The summed E-state index contributed by atoms with van der Waals surface area (Å²) in [5.41, 5.74) is 7.17.